The fourth-order valence-corrected chi connectivity index (χ4v) is 8.80. The number of nitrogens with zero attached hydrogens (tertiary/aromatic N) is 2. The third-order valence-electron chi connectivity index (χ3n) is 12.0. The zero-order chi connectivity index (χ0) is 43.8. The summed E-state index contributed by atoms with van der Waals surface area (Å²) in [5, 5.41) is 28.7. The number of carbonyl (C=O) groups excluding carboxylic acids is 5. The predicted octanol–water partition coefficient (Wildman–Crippen LogP) is 3.22. The number of esters is 1. The summed E-state index contributed by atoms with van der Waals surface area (Å²) >= 11 is 0. The smallest absolute Gasteiger partial charge is 0.408 e. The molecule has 13 atom stereocenters. The summed E-state index contributed by atoms with van der Waals surface area (Å²) in [4.78, 5) is 74.4. The molecule has 1 aromatic heterocycles. The van der Waals surface area contributed by atoms with E-state index in [2.05, 4.69) is 15.6 Å². The third kappa shape index (κ3) is 9.70. The number of amides is 2. The van der Waals surface area contributed by atoms with Crippen molar-refractivity contribution in [2.45, 2.75) is 141 Å². The Morgan fingerprint density at radius 3 is 2.37 bits per heavy atom. The van der Waals surface area contributed by atoms with Crippen LogP contribution in [0, 0.1) is 24.7 Å². The monoisotopic (exact) mass is 830 g/mol. The Morgan fingerprint density at radius 2 is 1.73 bits per heavy atom. The Balaban J connectivity index is 1.43. The van der Waals surface area contributed by atoms with Crippen molar-refractivity contribution in [1.82, 2.24) is 20.5 Å². The van der Waals surface area contributed by atoms with Gasteiger partial charge in [-0.15, -0.1) is 0 Å². The number of oxazole rings is 1. The summed E-state index contributed by atoms with van der Waals surface area (Å²) in [6.07, 6.45) is -7.38. The quantitative estimate of drug-likeness (QED) is 0.211. The third-order valence-corrected chi connectivity index (χ3v) is 12.0. The number of fused-ring (bicyclic) bond motifs is 1. The van der Waals surface area contributed by atoms with Gasteiger partial charge in [0, 0.05) is 42.3 Å². The van der Waals surface area contributed by atoms with Crippen LogP contribution in [-0.4, -0.2) is 130 Å². The van der Waals surface area contributed by atoms with E-state index in [1.54, 1.807) is 46.7 Å². The van der Waals surface area contributed by atoms with Crippen molar-refractivity contribution in [3.05, 3.63) is 41.9 Å². The van der Waals surface area contributed by atoms with Crippen LogP contribution in [-0.2, 0) is 44.5 Å². The maximum atomic E-state index is 16.9. The average molecular weight is 831 g/mol. The first kappa shape index (κ1) is 45.8. The molecule has 4 heterocycles. The van der Waals surface area contributed by atoms with E-state index >= 15 is 4.39 Å². The number of aryl methyl sites for hydroxylation is 1. The second-order valence-corrected chi connectivity index (χ2v) is 17.2. The number of hydrogen-bond acceptors (Lipinski definition) is 14. The number of hydrogen-bond donors (Lipinski definition) is 4. The molecule has 3 aliphatic rings. The molecule has 2 amide bonds. The molecule has 326 valence electrons. The van der Waals surface area contributed by atoms with Crippen LogP contribution in [0.1, 0.15) is 79.3 Å². The van der Waals surface area contributed by atoms with Crippen LogP contribution in [0.15, 0.2) is 34.7 Å². The van der Waals surface area contributed by atoms with Gasteiger partial charge in [-0.05, 0) is 61.6 Å². The van der Waals surface area contributed by atoms with Crippen molar-refractivity contribution in [3.8, 4) is 11.3 Å². The van der Waals surface area contributed by atoms with Crippen LogP contribution in [0.2, 0.25) is 0 Å². The van der Waals surface area contributed by atoms with Gasteiger partial charge < -0.3 is 49.1 Å². The molecule has 4 N–H and O–H groups in total. The highest BCUT2D eigenvalue weighted by atomic mass is 19.1. The summed E-state index contributed by atoms with van der Waals surface area (Å²) in [5.41, 5.74) is -5.80. The summed E-state index contributed by atoms with van der Waals surface area (Å²) in [7, 11) is 3.54. The van der Waals surface area contributed by atoms with Gasteiger partial charge in [-0.2, -0.15) is 0 Å². The fourth-order valence-electron chi connectivity index (χ4n) is 8.80. The van der Waals surface area contributed by atoms with Crippen LogP contribution in [0.3, 0.4) is 0 Å². The van der Waals surface area contributed by atoms with Gasteiger partial charge in [-0.1, -0.05) is 51.1 Å². The molecule has 0 spiro atoms. The Bertz CT molecular complexity index is 1870. The number of carbonyl (C=O) groups is 5. The number of likely N-dealkylation sites (N-methyl/N-ethyl adjacent to an activating group) is 1. The molecular formula is C42H59FN4O12. The maximum absolute atomic E-state index is 16.9. The van der Waals surface area contributed by atoms with Gasteiger partial charge in [0.05, 0.1) is 29.5 Å². The van der Waals surface area contributed by atoms with E-state index in [-0.39, 0.29) is 31.7 Å². The standard InChI is InChI=1S/C42H59FN4O12/c1-21-20-40(6,54)36(58-37-32(50)27(47(9)10)18-22(2)55-37)24(4)35(51)41(7,43)38(52)56-28(42(8)34(23(3)31(21)49)46-39(53)59-42)16-17-44-29(48)19-30-45-25(5)33(57-30)26-14-12-11-13-15-26/h11-15,21-24,27-28,32,34,36-37,50,54H,16-20H2,1-10H3,(H,44,48)(H,46,53)/t21-,22-,23+,24+,27+,28-,32-,34+,36-,37+,40-,41+,42-/m1/s1. The lowest BCUT2D eigenvalue weighted by Crippen LogP contribution is -2.61. The van der Waals surface area contributed by atoms with Gasteiger partial charge in [0.1, 0.15) is 24.4 Å². The number of aromatic nitrogens is 1. The van der Waals surface area contributed by atoms with Crippen LogP contribution < -0.4 is 10.6 Å². The fraction of sp³-hybridized carbons (Fsp3) is 0.667. The molecule has 59 heavy (non-hydrogen) atoms. The van der Waals surface area contributed by atoms with Crippen LogP contribution >= 0.6 is 0 Å². The minimum atomic E-state index is -3.34. The molecule has 2 aromatic rings. The summed E-state index contributed by atoms with van der Waals surface area (Å²) in [6.45, 7) is 11.2. The van der Waals surface area contributed by atoms with E-state index in [0.29, 0.717) is 17.9 Å². The number of ether oxygens (including phenoxy) is 4. The number of aliphatic hydroxyl groups excluding tert-OH is 1. The predicted molar refractivity (Wildman–Crippen MR) is 209 cm³/mol. The van der Waals surface area contributed by atoms with Gasteiger partial charge in [-0.3, -0.25) is 14.4 Å². The second-order valence-electron chi connectivity index (χ2n) is 17.2. The number of cyclic esters (lactones) is 1. The van der Waals surface area contributed by atoms with E-state index < -0.39 is 107 Å². The number of nitrogens with one attached hydrogen (secondary N) is 2. The number of aliphatic hydroxyl groups is 2. The first-order valence-electron chi connectivity index (χ1n) is 20.1. The zero-order valence-corrected chi connectivity index (χ0v) is 35.4. The number of ketones is 2. The minimum Gasteiger partial charge on any atom is -0.455 e. The normalized spacial score (nSPS) is 37.3. The van der Waals surface area contributed by atoms with E-state index in [1.165, 1.54) is 20.8 Å². The lowest BCUT2D eigenvalue weighted by molar-refractivity contribution is -0.293. The Labute approximate surface area is 343 Å². The average Bonchev–Trinajstić information content (AvgIpc) is 3.69. The topological polar surface area (TPSA) is 216 Å². The van der Waals surface area contributed by atoms with Crippen LogP contribution in [0.4, 0.5) is 9.18 Å². The Morgan fingerprint density at radius 1 is 1.07 bits per heavy atom. The molecule has 3 saturated heterocycles. The van der Waals surface area contributed by atoms with Crippen LogP contribution in [0.25, 0.3) is 11.3 Å². The molecule has 0 radical (unpaired) electrons. The zero-order valence-electron chi connectivity index (χ0n) is 35.4. The number of rotatable bonds is 9. The molecule has 0 saturated carbocycles. The van der Waals surface area contributed by atoms with E-state index in [1.807, 2.05) is 30.3 Å². The van der Waals surface area contributed by atoms with Gasteiger partial charge in [0.25, 0.3) is 5.67 Å². The molecule has 17 heteroatoms. The van der Waals surface area contributed by atoms with E-state index in [9.17, 15) is 34.2 Å². The van der Waals surface area contributed by atoms with Crippen molar-refractivity contribution in [2.24, 2.45) is 17.8 Å². The summed E-state index contributed by atoms with van der Waals surface area (Å²) < 4.78 is 46.4. The molecule has 3 aliphatic heterocycles. The SMILES string of the molecule is Cc1nc(CC(=O)NCC[C@H]2OC(=O)[C@@](C)(F)C(=O)[C@H](C)[C@@H](O[C@@H]3O[C@H](C)C[C@H](N(C)C)[C@H]3O)[C@](C)(O)C[C@@H](C)C(=O)[C@H](C)[C@@H]3NC(=O)O[C@]23C)oc1-c1ccccc1. The maximum Gasteiger partial charge on any atom is 0.408 e. The van der Waals surface area contributed by atoms with Gasteiger partial charge >= 0.3 is 12.1 Å². The van der Waals surface area contributed by atoms with Crippen molar-refractivity contribution < 1.29 is 61.9 Å². The first-order chi connectivity index (χ1) is 27.5. The van der Waals surface area contributed by atoms with E-state index in [0.717, 1.165) is 12.5 Å². The lowest BCUT2D eigenvalue weighted by atomic mass is 9.73. The molecule has 1 aromatic carbocycles. The van der Waals surface area contributed by atoms with Crippen LogP contribution in [0.5, 0.6) is 0 Å². The molecule has 3 fully saturated rings. The van der Waals surface area contributed by atoms with Gasteiger partial charge in [0.2, 0.25) is 11.8 Å². The molecule has 5 rings (SSSR count). The van der Waals surface area contributed by atoms with Gasteiger partial charge in [0.15, 0.2) is 23.4 Å². The molecule has 0 bridgehead atoms. The number of alkyl carbamates (subject to hydrolysis) is 1. The second kappa shape index (κ2) is 17.7. The Kier molecular flexibility index (Phi) is 13.8. The first-order valence-corrected chi connectivity index (χ1v) is 20.1. The van der Waals surface area contributed by atoms with Crippen molar-refractivity contribution >= 4 is 29.5 Å². The number of halogens is 1. The lowest BCUT2D eigenvalue weighted by Gasteiger charge is -2.46. The molecule has 16 nitrogen and oxygen atoms in total. The molecular weight excluding hydrogens is 771 g/mol. The highest BCUT2D eigenvalue weighted by Gasteiger charge is 2.59. The van der Waals surface area contributed by atoms with Gasteiger partial charge in [-0.25, -0.2) is 19.0 Å². The van der Waals surface area contributed by atoms with Crippen molar-refractivity contribution in [3.63, 3.8) is 0 Å². The Hall–Kier alpha value is -4.29. The van der Waals surface area contributed by atoms with Crippen molar-refractivity contribution in [2.75, 3.05) is 20.6 Å². The number of Topliss-reactive ketones (excluding diaryl/α,β-unsaturated/α-hetero) is 2. The highest BCUT2D eigenvalue weighted by molar-refractivity contribution is 6.08. The molecule has 0 aliphatic carbocycles. The molecule has 0 unspecified atom stereocenters. The number of benzene rings is 1. The largest absolute Gasteiger partial charge is 0.455 e. The van der Waals surface area contributed by atoms with E-state index in [4.69, 9.17) is 23.4 Å². The van der Waals surface area contributed by atoms with Crippen molar-refractivity contribution in [1.29, 1.82) is 0 Å². The number of alkyl halides is 1. The highest BCUT2D eigenvalue weighted by Crippen LogP contribution is 2.40. The minimum absolute atomic E-state index is 0.157. The summed E-state index contributed by atoms with van der Waals surface area (Å²) in [6, 6.07) is 7.69. The summed E-state index contributed by atoms with van der Waals surface area (Å²) in [5.74, 6) is -6.69.